The number of H-pyrrole nitrogens is 1. The van der Waals surface area contributed by atoms with Gasteiger partial charge < -0.3 is 4.98 Å². The average molecular weight is 271 g/mol. The number of aromatic nitrogens is 1. The zero-order valence-corrected chi connectivity index (χ0v) is 12.3. The normalized spacial score (nSPS) is 11.3. The van der Waals surface area contributed by atoms with Gasteiger partial charge in [-0.1, -0.05) is 54.1 Å². The molecule has 0 saturated heterocycles. The third-order valence-corrected chi connectivity index (χ3v) is 4.11. The molecule has 1 N–H and O–H groups in total. The van der Waals surface area contributed by atoms with Crippen LogP contribution in [0.15, 0.2) is 60.7 Å². The van der Waals surface area contributed by atoms with Crippen molar-refractivity contribution in [3.05, 3.63) is 71.8 Å². The average Bonchev–Trinajstić information content (AvgIpc) is 2.83. The molecule has 4 aromatic rings. The largest absolute Gasteiger partial charge is 0.354 e. The smallest absolute Gasteiger partial charge is 0.0471 e. The number of hydrogen-bond acceptors (Lipinski definition) is 0. The van der Waals surface area contributed by atoms with Gasteiger partial charge in [0.2, 0.25) is 0 Å². The summed E-state index contributed by atoms with van der Waals surface area (Å²) in [7, 11) is 0. The van der Waals surface area contributed by atoms with Gasteiger partial charge in [0.15, 0.2) is 0 Å². The Bertz CT molecular complexity index is 960. The van der Waals surface area contributed by atoms with Crippen LogP contribution in [0, 0.1) is 13.8 Å². The van der Waals surface area contributed by atoms with Crippen LogP contribution in [0.4, 0.5) is 0 Å². The molecule has 0 aliphatic rings. The van der Waals surface area contributed by atoms with E-state index in [4.69, 9.17) is 0 Å². The van der Waals surface area contributed by atoms with Crippen molar-refractivity contribution in [3.63, 3.8) is 0 Å². The van der Waals surface area contributed by atoms with Gasteiger partial charge in [0.1, 0.15) is 0 Å². The number of aromatic amines is 1. The number of rotatable bonds is 1. The summed E-state index contributed by atoms with van der Waals surface area (Å²) < 4.78 is 0. The first-order valence-electron chi connectivity index (χ1n) is 7.30. The summed E-state index contributed by atoms with van der Waals surface area (Å²) in [5.41, 5.74) is 7.52. The third kappa shape index (κ3) is 2.02. The molecular weight excluding hydrogens is 254 g/mol. The predicted octanol–water partition coefficient (Wildman–Crippen LogP) is 5.60. The first kappa shape index (κ1) is 12.2. The highest BCUT2D eigenvalue weighted by molar-refractivity contribution is 6.08. The molecule has 1 aromatic heterocycles. The van der Waals surface area contributed by atoms with Crippen molar-refractivity contribution in [2.45, 2.75) is 13.8 Å². The third-order valence-electron chi connectivity index (χ3n) is 4.11. The summed E-state index contributed by atoms with van der Waals surface area (Å²) in [6, 6.07) is 21.9. The Balaban J connectivity index is 1.96. The Morgan fingerprint density at radius 3 is 2.10 bits per heavy atom. The molecule has 0 spiro atoms. The highest BCUT2D eigenvalue weighted by Crippen LogP contribution is 2.30. The van der Waals surface area contributed by atoms with Crippen LogP contribution in [-0.2, 0) is 0 Å². The maximum atomic E-state index is 3.54. The van der Waals surface area contributed by atoms with Crippen LogP contribution >= 0.6 is 0 Å². The molecule has 0 aliphatic carbocycles. The van der Waals surface area contributed by atoms with E-state index in [1.165, 1.54) is 44.1 Å². The van der Waals surface area contributed by atoms with E-state index in [0.29, 0.717) is 0 Å². The first-order valence-corrected chi connectivity index (χ1v) is 7.30. The molecule has 0 saturated carbocycles. The molecule has 0 aliphatic heterocycles. The summed E-state index contributed by atoms with van der Waals surface area (Å²) in [5, 5.41) is 2.59. The molecule has 0 bridgehead atoms. The van der Waals surface area contributed by atoms with E-state index < -0.39 is 0 Å². The maximum Gasteiger partial charge on any atom is 0.0471 e. The van der Waals surface area contributed by atoms with Crippen molar-refractivity contribution < 1.29 is 0 Å². The Labute approximate surface area is 124 Å². The van der Waals surface area contributed by atoms with Gasteiger partial charge in [0.25, 0.3) is 0 Å². The molecule has 0 radical (unpaired) electrons. The van der Waals surface area contributed by atoms with Crippen LogP contribution in [0.3, 0.4) is 0 Å². The van der Waals surface area contributed by atoms with E-state index in [0.717, 1.165) is 0 Å². The fourth-order valence-electron chi connectivity index (χ4n) is 3.03. The van der Waals surface area contributed by atoms with Crippen molar-refractivity contribution in [3.8, 4) is 11.1 Å². The van der Waals surface area contributed by atoms with Crippen LogP contribution < -0.4 is 0 Å². The number of fused-ring (bicyclic) bond motifs is 3. The number of aryl methyl sites for hydroxylation is 2. The van der Waals surface area contributed by atoms with Crippen molar-refractivity contribution in [2.24, 2.45) is 0 Å². The van der Waals surface area contributed by atoms with Gasteiger partial charge in [-0.25, -0.2) is 0 Å². The fourth-order valence-corrected chi connectivity index (χ4v) is 3.03. The van der Waals surface area contributed by atoms with E-state index >= 15 is 0 Å². The Hall–Kier alpha value is -2.54. The minimum absolute atomic E-state index is 1.20. The first-order chi connectivity index (χ1) is 10.2. The molecule has 1 heterocycles. The molecule has 0 fully saturated rings. The molecule has 0 unspecified atom stereocenters. The van der Waals surface area contributed by atoms with Crippen molar-refractivity contribution in [2.75, 3.05) is 0 Å². The van der Waals surface area contributed by atoms with Crippen molar-refractivity contribution in [1.82, 2.24) is 4.98 Å². The zero-order chi connectivity index (χ0) is 14.4. The number of nitrogens with one attached hydrogen (secondary N) is 1. The molecule has 21 heavy (non-hydrogen) atoms. The molecule has 3 aromatic carbocycles. The maximum absolute atomic E-state index is 3.54. The Morgan fingerprint density at radius 2 is 1.29 bits per heavy atom. The highest BCUT2D eigenvalue weighted by atomic mass is 14.7. The van der Waals surface area contributed by atoms with E-state index in [-0.39, 0.29) is 0 Å². The van der Waals surface area contributed by atoms with Gasteiger partial charge in [0.05, 0.1) is 0 Å². The SMILES string of the molecule is Cc1cccc(-c2ccc3c(c2)[nH]c2cc(C)ccc23)c1. The van der Waals surface area contributed by atoms with Gasteiger partial charge in [-0.15, -0.1) is 0 Å². The van der Waals surface area contributed by atoms with Crippen LogP contribution in [0.25, 0.3) is 32.9 Å². The molecule has 0 atom stereocenters. The van der Waals surface area contributed by atoms with E-state index in [2.05, 4.69) is 79.5 Å². The summed E-state index contributed by atoms with van der Waals surface area (Å²) >= 11 is 0. The molecule has 4 rings (SSSR count). The predicted molar refractivity (Wildman–Crippen MR) is 90.7 cm³/mol. The van der Waals surface area contributed by atoms with Crippen LogP contribution in [-0.4, -0.2) is 4.98 Å². The summed E-state index contributed by atoms with van der Waals surface area (Å²) in [5.74, 6) is 0. The van der Waals surface area contributed by atoms with Crippen molar-refractivity contribution in [1.29, 1.82) is 0 Å². The molecule has 1 nitrogen and oxygen atoms in total. The lowest BCUT2D eigenvalue weighted by atomic mass is 10.0. The summed E-state index contributed by atoms with van der Waals surface area (Å²) in [6.45, 7) is 4.26. The standard InChI is InChI=1S/C20H17N/c1-13-4-3-5-15(10-13)16-7-9-18-17-8-6-14(2)11-19(17)21-20(18)12-16/h3-12,21H,1-2H3. The Kier molecular flexibility index (Phi) is 2.61. The van der Waals surface area contributed by atoms with Crippen LogP contribution in [0.2, 0.25) is 0 Å². The van der Waals surface area contributed by atoms with Gasteiger partial charge >= 0.3 is 0 Å². The number of benzene rings is 3. The van der Waals surface area contributed by atoms with E-state index in [9.17, 15) is 0 Å². The summed E-state index contributed by atoms with van der Waals surface area (Å²) in [4.78, 5) is 3.54. The zero-order valence-electron chi connectivity index (χ0n) is 12.3. The van der Waals surface area contributed by atoms with Gasteiger partial charge in [-0.3, -0.25) is 0 Å². The quantitative estimate of drug-likeness (QED) is 0.463. The molecular formula is C20H17N. The minimum Gasteiger partial charge on any atom is -0.354 e. The van der Waals surface area contributed by atoms with Crippen molar-refractivity contribution >= 4 is 21.8 Å². The monoisotopic (exact) mass is 271 g/mol. The summed E-state index contributed by atoms with van der Waals surface area (Å²) in [6.07, 6.45) is 0. The lowest BCUT2D eigenvalue weighted by molar-refractivity contribution is 1.46. The second kappa shape index (κ2) is 4.49. The van der Waals surface area contributed by atoms with Crippen LogP contribution in [0.1, 0.15) is 11.1 Å². The van der Waals surface area contributed by atoms with Gasteiger partial charge in [0, 0.05) is 21.8 Å². The second-order valence-corrected chi connectivity index (χ2v) is 5.80. The lowest BCUT2D eigenvalue weighted by Gasteiger charge is -2.03. The van der Waals surface area contributed by atoms with E-state index in [1.54, 1.807) is 0 Å². The van der Waals surface area contributed by atoms with Gasteiger partial charge in [-0.2, -0.15) is 0 Å². The lowest BCUT2D eigenvalue weighted by Crippen LogP contribution is -1.79. The van der Waals surface area contributed by atoms with E-state index in [1.807, 2.05) is 0 Å². The molecule has 0 amide bonds. The molecule has 1 heteroatoms. The number of hydrogen-bond donors (Lipinski definition) is 1. The molecule has 102 valence electrons. The fraction of sp³-hybridized carbons (Fsp3) is 0.100. The highest BCUT2D eigenvalue weighted by Gasteiger charge is 2.06. The van der Waals surface area contributed by atoms with Crippen LogP contribution in [0.5, 0.6) is 0 Å². The minimum atomic E-state index is 1.20. The second-order valence-electron chi connectivity index (χ2n) is 5.80. The topological polar surface area (TPSA) is 15.8 Å². The Morgan fingerprint density at radius 1 is 0.619 bits per heavy atom. The van der Waals surface area contributed by atoms with Gasteiger partial charge in [-0.05, 0) is 42.7 Å².